The van der Waals surface area contributed by atoms with E-state index in [0.29, 0.717) is 12.1 Å². The molecule has 0 spiro atoms. The molecule has 3 heterocycles. The van der Waals surface area contributed by atoms with Crippen molar-refractivity contribution >= 4 is 17.2 Å². The predicted octanol–water partition coefficient (Wildman–Crippen LogP) is 3.32. The van der Waals surface area contributed by atoms with Gasteiger partial charge in [0.1, 0.15) is 0 Å². The number of hydrogen-bond donors (Lipinski definition) is 1. The highest BCUT2D eigenvalue weighted by Gasteiger charge is 2.35. The van der Waals surface area contributed by atoms with Gasteiger partial charge in [-0.3, -0.25) is 9.78 Å². The average molecular weight is 329 g/mol. The lowest BCUT2D eigenvalue weighted by molar-refractivity contribution is 0.0532. The Labute approximate surface area is 141 Å². The minimum Gasteiger partial charge on any atom is -0.338 e. The van der Waals surface area contributed by atoms with Gasteiger partial charge >= 0.3 is 0 Å². The monoisotopic (exact) mass is 329 g/mol. The topological polar surface area (TPSA) is 59.2 Å². The lowest BCUT2D eigenvalue weighted by atomic mass is 9.79. The lowest BCUT2D eigenvalue weighted by Gasteiger charge is -2.42. The Hall–Kier alpha value is -1.72. The van der Waals surface area contributed by atoms with Crippen molar-refractivity contribution in [1.29, 1.82) is 0 Å². The zero-order valence-electron chi connectivity index (χ0n) is 13.9. The molecular weight excluding hydrogens is 306 g/mol. The van der Waals surface area contributed by atoms with Crippen LogP contribution in [0, 0.1) is 12.3 Å². The molecular formula is C18H23N3OS. The first-order chi connectivity index (χ1) is 10.9. The third-order valence-corrected chi connectivity index (χ3v) is 5.42. The lowest BCUT2D eigenvalue weighted by Crippen LogP contribution is -2.54. The summed E-state index contributed by atoms with van der Waals surface area (Å²) in [6.45, 7) is 7.57. The summed E-state index contributed by atoms with van der Waals surface area (Å²) in [7, 11) is 0. The molecule has 0 radical (unpaired) electrons. The van der Waals surface area contributed by atoms with Crippen molar-refractivity contribution in [3.8, 4) is 11.3 Å². The molecule has 122 valence electrons. The molecule has 5 heteroatoms. The van der Waals surface area contributed by atoms with Gasteiger partial charge in [-0.2, -0.15) is 11.3 Å². The van der Waals surface area contributed by atoms with E-state index in [0.717, 1.165) is 29.9 Å². The maximum Gasteiger partial charge on any atom is 0.255 e. The van der Waals surface area contributed by atoms with Gasteiger partial charge in [0.2, 0.25) is 0 Å². The van der Waals surface area contributed by atoms with E-state index in [4.69, 9.17) is 5.73 Å². The zero-order valence-corrected chi connectivity index (χ0v) is 14.7. The van der Waals surface area contributed by atoms with E-state index >= 15 is 0 Å². The molecule has 1 atom stereocenters. The molecule has 1 saturated heterocycles. The number of thiophene rings is 1. The van der Waals surface area contributed by atoms with Crippen molar-refractivity contribution in [3.63, 3.8) is 0 Å². The molecule has 4 nitrogen and oxygen atoms in total. The number of likely N-dealkylation sites (tertiary alicyclic amines) is 1. The summed E-state index contributed by atoms with van der Waals surface area (Å²) in [5.41, 5.74) is 9.61. The van der Waals surface area contributed by atoms with Crippen molar-refractivity contribution in [2.24, 2.45) is 11.1 Å². The minimum absolute atomic E-state index is 0.0497. The van der Waals surface area contributed by atoms with Crippen LogP contribution in [0.3, 0.4) is 0 Å². The largest absolute Gasteiger partial charge is 0.338 e. The van der Waals surface area contributed by atoms with Crippen LogP contribution in [0.5, 0.6) is 0 Å². The molecule has 23 heavy (non-hydrogen) atoms. The summed E-state index contributed by atoms with van der Waals surface area (Å²) in [5.74, 6) is 0.0619. The van der Waals surface area contributed by atoms with Crippen LogP contribution in [0.1, 0.15) is 36.3 Å². The van der Waals surface area contributed by atoms with Crippen LogP contribution in [0.15, 0.2) is 29.0 Å². The maximum atomic E-state index is 12.9. The fraction of sp³-hybridized carbons (Fsp3) is 0.444. The molecule has 2 aromatic rings. The van der Waals surface area contributed by atoms with E-state index in [-0.39, 0.29) is 17.4 Å². The predicted molar refractivity (Wildman–Crippen MR) is 94.6 cm³/mol. The molecule has 0 bridgehead atoms. The first kappa shape index (κ1) is 16.1. The Morgan fingerprint density at radius 3 is 2.78 bits per heavy atom. The normalized spacial score (nSPS) is 20.5. The third kappa shape index (κ3) is 3.16. The van der Waals surface area contributed by atoms with Gasteiger partial charge in [-0.25, -0.2) is 0 Å². The second kappa shape index (κ2) is 6.06. The Morgan fingerprint density at radius 2 is 2.17 bits per heavy atom. The summed E-state index contributed by atoms with van der Waals surface area (Å²) < 4.78 is 0. The Balaban J connectivity index is 1.83. The maximum absolute atomic E-state index is 12.9. The van der Waals surface area contributed by atoms with Crippen LogP contribution >= 0.6 is 11.3 Å². The molecule has 0 aliphatic carbocycles. The van der Waals surface area contributed by atoms with Gasteiger partial charge in [-0.05, 0) is 42.3 Å². The second-order valence-corrected chi connectivity index (χ2v) is 7.73. The number of carbonyl (C=O) groups is 1. The number of hydrogen-bond acceptors (Lipinski definition) is 4. The first-order valence-electron chi connectivity index (χ1n) is 7.93. The number of aryl methyl sites for hydroxylation is 1. The highest BCUT2D eigenvalue weighted by molar-refractivity contribution is 7.08. The molecule has 1 fully saturated rings. The highest BCUT2D eigenvalue weighted by atomic mass is 32.1. The van der Waals surface area contributed by atoms with Crippen molar-refractivity contribution < 1.29 is 4.79 Å². The molecule has 0 aromatic carbocycles. The van der Waals surface area contributed by atoms with E-state index in [1.165, 1.54) is 0 Å². The van der Waals surface area contributed by atoms with Gasteiger partial charge in [0.05, 0.1) is 17.0 Å². The number of pyridine rings is 1. The fourth-order valence-corrected chi connectivity index (χ4v) is 3.73. The third-order valence-electron chi connectivity index (χ3n) is 4.73. The molecule has 1 amide bonds. The van der Waals surface area contributed by atoms with E-state index in [9.17, 15) is 4.79 Å². The number of amides is 1. The van der Waals surface area contributed by atoms with Crippen LogP contribution in [-0.2, 0) is 0 Å². The molecule has 1 aliphatic heterocycles. The second-order valence-electron chi connectivity index (χ2n) is 6.95. The van der Waals surface area contributed by atoms with Crippen molar-refractivity contribution in [1.82, 2.24) is 9.88 Å². The number of nitrogens with two attached hydrogens (primary N) is 1. The highest BCUT2D eigenvalue weighted by Crippen LogP contribution is 2.29. The van der Waals surface area contributed by atoms with E-state index in [2.05, 4.69) is 24.2 Å². The Bertz CT molecular complexity index is 709. The quantitative estimate of drug-likeness (QED) is 0.919. The van der Waals surface area contributed by atoms with Gasteiger partial charge < -0.3 is 10.6 Å². The van der Waals surface area contributed by atoms with E-state index in [1.807, 2.05) is 35.4 Å². The van der Waals surface area contributed by atoms with Gasteiger partial charge in [0, 0.05) is 30.1 Å². The zero-order chi connectivity index (χ0) is 16.6. The van der Waals surface area contributed by atoms with Crippen LogP contribution in [0.4, 0.5) is 0 Å². The number of rotatable bonds is 2. The number of piperidine rings is 1. The minimum atomic E-state index is -0.0497. The van der Waals surface area contributed by atoms with E-state index in [1.54, 1.807) is 11.3 Å². The summed E-state index contributed by atoms with van der Waals surface area (Å²) in [5, 5.41) is 4.10. The van der Waals surface area contributed by atoms with Gasteiger partial charge in [0.15, 0.2) is 0 Å². The standard InChI is InChI=1S/C18H23N3OS/c1-12-14(4-5-15(20-12)13-7-9-23-10-13)17(22)21-8-6-16(19)18(2,3)11-21/h4-5,7,9-10,16H,6,8,11,19H2,1-3H3. The molecule has 2 aromatic heterocycles. The smallest absolute Gasteiger partial charge is 0.255 e. The van der Waals surface area contributed by atoms with Crippen LogP contribution in [0.2, 0.25) is 0 Å². The number of aromatic nitrogens is 1. The van der Waals surface area contributed by atoms with Crippen molar-refractivity contribution in [2.75, 3.05) is 13.1 Å². The number of nitrogens with zero attached hydrogens (tertiary/aromatic N) is 2. The molecule has 3 rings (SSSR count). The average Bonchev–Trinajstić information content (AvgIpc) is 3.03. The van der Waals surface area contributed by atoms with Gasteiger partial charge in [0.25, 0.3) is 5.91 Å². The first-order valence-corrected chi connectivity index (χ1v) is 8.88. The number of carbonyl (C=O) groups excluding carboxylic acids is 1. The van der Waals surface area contributed by atoms with Crippen molar-refractivity contribution in [3.05, 3.63) is 40.2 Å². The Kier molecular flexibility index (Phi) is 4.25. The van der Waals surface area contributed by atoms with Crippen molar-refractivity contribution in [2.45, 2.75) is 33.2 Å². The molecule has 1 unspecified atom stereocenters. The van der Waals surface area contributed by atoms with Crippen LogP contribution in [-0.4, -0.2) is 34.9 Å². The van der Waals surface area contributed by atoms with Crippen LogP contribution in [0.25, 0.3) is 11.3 Å². The molecule has 2 N–H and O–H groups in total. The van der Waals surface area contributed by atoms with Gasteiger partial charge in [-0.1, -0.05) is 13.8 Å². The summed E-state index contributed by atoms with van der Waals surface area (Å²) in [6, 6.07) is 6.02. The van der Waals surface area contributed by atoms with Crippen LogP contribution < -0.4 is 5.73 Å². The summed E-state index contributed by atoms with van der Waals surface area (Å²) in [4.78, 5) is 19.4. The molecule has 0 saturated carbocycles. The summed E-state index contributed by atoms with van der Waals surface area (Å²) >= 11 is 1.65. The summed E-state index contributed by atoms with van der Waals surface area (Å²) in [6.07, 6.45) is 0.845. The molecule has 1 aliphatic rings. The SMILES string of the molecule is Cc1nc(-c2ccsc2)ccc1C(=O)N1CCC(N)C(C)(C)C1. The van der Waals surface area contributed by atoms with E-state index < -0.39 is 0 Å². The Morgan fingerprint density at radius 1 is 1.39 bits per heavy atom. The fourth-order valence-electron chi connectivity index (χ4n) is 3.08. The van der Waals surface area contributed by atoms with Gasteiger partial charge in [-0.15, -0.1) is 0 Å².